The second-order valence-electron chi connectivity index (χ2n) is 4.93. The first-order valence-electron chi connectivity index (χ1n) is 6.47. The van der Waals surface area contributed by atoms with Crippen LogP contribution in [0.15, 0.2) is 0 Å². The van der Waals surface area contributed by atoms with Crippen molar-refractivity contribution in [3.05, 3.63) is 0 Å². The molecular formula is C11H22N2O2S2. The van der Waals surface area contributed by atoms with Crippen LogP contribution in [0.1, 0.15) is 32.1 Å². The maximum atomic E-state index is 12.0. The van der Waals surface area contributed by atoms with Gasteiger partial charge in [0.15, 0.2) is 0 Å². The van der Waals surface area contributed by atoms with Gasteiger partial charge in [-0.25, -0.2) is 13.1 Å². The Kier molecular flexibility index (Phi) is 5.14. The van der Waals surface area contributed by atoms with E-state index >= 15 is 0 Å². The van der Waals surface area contributed by atoms with E-state index in [1.54, 1.807) is 0 Å². The zero-order valence-corrected chi connectivity index (χ0v) is 11.8. The molecule has 0 aromatic heterocycles. The van der Waals surface area contributed by atoms with Gasteiger partial charge in [-0.1, -0.05) is 6.42 Å². The van der Waals surface area contributed by atoms with E-state index in [-0.39, 0.29) is 17.8 Å². The summed E-state index contributed by atoms with van der Waals surface area (Å²) in [5.41, 5.74) is 0. The Morgan fingerprint density at radius 3 is 2.59 bits per heavy atom. The fourth-order valence-electron chi connectivity index (χ4n) is 2.45. The highest BCUT2D eigenvalue weighted by atomic mass is 32.2. The topological polar surface area (TPSA) is 58.2 Å². The summed E-state index contributed by atoms with van der Waals surface area (Å²) >= 11 is 1.91. The van der Waals surface area contributed by atoms with Gasteiger partial charge in [-0.2, -0.15) is 11.8 Å². The molecule has 100 valence electrons. The fraction of sp³-hybridized carbons (Fsp3) is 1.00. The van der Waals surface area contributed by atoms with Gasteiger partial charge in [0.1, 0.15) is 0 Å². The number of piperidine rings is 1. The maximum absolute atomic E-state index is 12.0. The lowest BCUT2D eigenvalue weighted by Gasteiger charge is -2.26. The van der Waals surface area contributed by atoms with Crippen molar-refractivity contribution in [3.8, 4) is 0 Å². The molecule has 0 bridgehead atoms. The van der Waals surface area contributed by atoms with Crippen molar-refractivity contribution in [1.29, 1.82) is 0 Å². The standard InChI is InChI=1S/C11H22N2O2S2/c14-17(15,9-11-3-1-2-6-12-11)13-10-4-7-16-8-5-10/h10-13H,1-9H2. The highest BCUT2D eigenvalue weighted by Crippen LogP contribution is 2.18. The molecule has 17 heavy (non-hydrogen) atoms. The van der Waals surface area contributed by atoms with Crippen LogP contribution in [0, 0.1) is 0 Å². The summed E-state index contributed by atoms with van der Waals surface area (Å²) in [6.07, 6.45) is 5.25. The number of nitrogens with one attached hydrogen (secondary N) is 2. The minimum Gasteiger partial charge on any atom is -0.313 e. The van der Waals surface area contributed by atoms with Gasteiger partial charge >= 0.3 is 0 Å². The normalized spacial score (nSPS) is 28.1. The summed E-state index contributed by atoms with van der Waals surface area (Å²) in [5, 5.41) is 3.29. The lowest BCUT2D eigenvalue weighted by atomic mass is 10.1. The third-order valence-corrected chi connectivity index (χ3v) is 5.98. The van der Waals surface area contributed by atoms with Crippen molar-refractivity contribution in [3.63, 3.8) is 0 Å². The number of hydrogen-bond acceptors (Lipinski definition) is 4. The summed E-state index contributed by atoms with van der Waals surface area (Å²) in [5.74, 6) is 2.40. The number of thioether (sulfide) groups is 1. The average molecular weight is 278 g/mol. The maximum Gasteiger partial charge on any atom is 0.213 e. The molecule has 0 spiro atoms. The van der Waals surface area contributed by atoms with Crippen molar-refractivity contribution in [2.75, 3.05) is 23.8 Å². The van der Waals surface area contributed by atoms with E-state index < -0.39 is 10.0 Å². The van der Waals surface area contributed by atoms with Crippen molar-refractivity contribution in [2.45, 2.75) is 44.2 Å². The van der Waals surface area contributed by atoms with Crippen LogP contribution < -0.4 is 10.0 Å². The largest absolute Gasteiger partial charge is 0.313 e. The summed E-state index contributed by atoms with van der Waals surface area (Å²) < 4.78 is 26.9. The first-order valence-corrected chi connectivity index (χ1v) is 9.27. The predicted molar refractivity (Wildman–Crippen MR) is 72.9 cm³/mol. The van der Waals surface area contributed by atoms with Gasteiger partial charge in [0.2, 0.25) is 10.0 Å². The minimum atomic E-state index is -3.10. The molecule has 0 saturated carbocycles. The Labute approximate surface area is 108 Å². The molecule has 2 N–H and O–H groups in total. The molecule has 1 unspecified atom stereocenters. The van der Waals surface area contributed by atoms with Gasteiger partial charge in [-0.05, 0) is 43.7 Å². The minimum absolute atomic E-state index is 0.152. The first-order chi connectivity index (χ1) is 8.16. The van der Waals surface area contributed by atoms with Gasteiger partial charge in [-0.15, -0.1) is 0 Å². The number of hydrogen-bond donors (Lipinski definition) is 2. The van der Waals surface area contributed by atoms with E-state index in [1.807, 2.05) is 11.8 Å². The molecule has 2 heterocycles. The van der Waals surface area contributed by atoms with Gasteiger partial charge in [-0.3, -0.25) is 0 Å². The molecule has 0 amide bonds. The van der Waals surface area contributed by atoms with E-state index in [1.165, 1.54) is 6.42 Å². The highest BCUT2D eigenvalue weighted by Gasteiger charge is 2.24. The quantitative estimate of drug-likeness (QED) is 0.804. The number of sulfonamides is 1. The summed E-state index contributed by atoms with van der Waals surface area (Å²) in [4.78, 5) is 0. The lowest BCUT2D eigenvalue weighted by Crippen LogP contribution is -2.45. The number of rotatable bonds is 4. The van der Waals surface area contributed by atoms with Crippen molar-refractivity contribution < 1.29 is 8.42 Å². The van der Waals surface area contributed by atoms with Gasteiger partial charge in [0.25, 0.3) is 0 Å². The van der Waals surface area contributed by atoms with Gasteiger partial charge < -0.3 is 5.32 Å². The Balaban J connectivity index is 1.80. The molecule has 2 saturated heterocycles. The average Bonchev–Trinajstić information content (AvgIpc) is 2.30. The smallest absolute Gasteiger partial charge is 0.213 e. The van der Waals surface area contributed by atoms with E-state index in [0.717, 1.165) is 43.7 Å². The third kappa shape index (κ3) is 4.77. The van der Waals surface area contributed by atoms with Crippen molar-refractivity contribution >= 4 is 21.8 Å². The van der Waals surface area contributed by atoms with Crippen LogP contribution in [-0.2, 0) is 10.0 Å². The van der Waals surface area contributed by atoms with Gasteiger partial charge in [0.05, 0.1) is 5.75 Å². The Hall–Kier alpha value is 0.220. The van der Waals surface area contributed by atoms with Crippen molar-refractivity contribution in [1.82, 2.24) is 10.0 Å². The van der Waals surface area contributed by atoms with Crippen LogP contribution in [0.2, 0.25) is 0 Å². The van der Waals surface area contributed by atoms with E-state index in [2.05, 4.69) is 10.0 Å². The molecule has 2 fully saturated rings. The molecule has 1 atom stereocenters. The predicted octanol–water partition coefficient (Wildman–Crippen LogP) is 0.943. The highest BCUT2D eigenvalue weighted by molar-refractivity contribution is 7.99. The monoisotopic (exact) mass is 278 g/mol. The third-order valence-electron chi connectivity index (χ3n) is 3.40. The molecule has 2 aliphatic heterocycles. The molecule has 0 aliphatic carbocycles. The van der Waals surface area contributed by atoms with Crippen LogP contribution >= 0.6 is 11.8 Å². The Morgan fingerprint density at radius 1 is 1.18 bits per heavy atom. The Morgan fingerprint density at radius 2 is 1.94 bits per heavy atom. The summed E-state index contributed by atoms with van der Waals surface area (Å²) in [7, 11) is -3.10. The van der Waals surface area contributed by atoms with Crippen LogP contribution in [0.4, 0.5) is 0 Å². The molecule has 0 radical (unpaired) electrons. The van der Waals surface area contributed by atoms with Crippen molar-refractivity contribution in [2.24, 2.45) is 0 Å². The molecule has 4 nitrogen and oxygen atoms in total. The molecule has 6 heteroatoms. The zero-order chi connectivity index (χ0) is 12.1. The van der Waals surface area contributed by atoms with Gasteiger partial charge in [0, 0.05) is 12.1 Å². The van der Waals surface area contributed by atoms with Crippen LogP contribution in [0.3, 0.4) is 0 Å². The van der Waals surface area contributed by atoms with E-state index in [9.17, 15) is 8.42 Å². The molecule has 0 aromatic carbocycles. The summed E-state index contributed by atoms with van der Waals surface area (Å²) in [6.45, 7) is 0.959. The van der Waals surface area contributed by atoms with Crippen LogP contribution in [0.25, 0.3) is 0 Å². The molecule has 2 aliphatic rings. The fourth-order valence-corrected chi connectivity index (χ4v) is 5.21. The molecular weight excluding hydrogens is 256 g/mol. The van der Waals surface area contributed by atoms with Crippen LogP contribution in [-0.4, -0.2) is 44.3 Å². The van der Waals surface area contributed by atoms with Crippen LogP contribution in [0.5, 0.6) is 0 Å². The summed E-state index contributed by atoms with van der Waals surface area (Å²) in [6, 6.07) is 0.323. The van der Waals surface area contributed by atoms with E-state index in [4.69, 9.17) is 0 Å². The lowest BCUT2D eigenvalue weighted by molar-refractivity contribution is 0.420. The second kappa shape index (κ2) is 6.41. The van der Waals surface area contributed by atoms with E-state index in [0.29, 0.717) is 0 Å². The first kappa shape index (κ1) is 13.6. The Bertz CT molecular complexity index is 294. The SMILES string of the molecule is O=S(=O)(CC1CCCCN1)NC1CCSCC1. The second-order valence-corrected chi connectivity index (χ2v) is 7.96. The zero-order valence-electron chi connectivity index (χ0n) is 10.2. The molecule has 2 rings (SSSR count). The molecule has 0 aromatic rings.